The summed E-state index contributed by atoms with van der Waals surface area (Å²) in [7, 11) is -1.93. The Labute approximate surface area is 131 Å². The lowest BCUT2D eigenvalue weighted by atomic mass is 10.2. The minimum atomic E-state index is -3.49. The second kappa shape index (κ2) is 7.38. The third-order valence-corrected chi connectivity index (χ3v) is 4.76. The zero-order valence-electron chi connectivity index (χ0n) is 12.7. The molecule has 0 unspecified atom stereocenters. The maximum absolute atomic E-state index is 12.2. The van der Waals surface area contributed by atoms with Crippen LogP contribution in [-0.4, -0.2) is 27.1 Å². The lowest BCUT2D eigenvalue weighted by Crippen LogP contribution is -2.25. The highest BCUT2D eigenvalue weighted by Gasteiger charge is 2.14. The second-order valence-corrected chi connectivity index (χ2v) is 6.72. The molecule has 0 spiro atoms. The van der Waals surface area contributed by atoms with Crippen LogP contribution in [0.3, 0.4) is 0 Å². The van der Waals surface area contributed by atoms with Gasteiger partial charge in [-0.15, -0.1) is 0 Å². The highest BCUT2D eigenvalue weighted by Crippen LogP contribution is 2.21. The summed E-state index contributed by atoms with van der Waals surface area (Å²) in [6.45, 7) is 2.20. The molecule has 1 heterocycles. The summed E-state index contributed by atoms with van der Waals surface area (Å²) < 4.78 is 32.2. The van der Waals surface area contributed by atoms with Crippen LogP contribution in [0, 0.1) is 6.92 Å². The molecule has 1 aromatic carbocycles. The van der Waals surface area contributed by atoms with Gasteiger partial charge in [-0.3, -0.25) is 4.98 Å². The van der Waals surface area contributed by atoms with E-state index in [0.717, 1.165) is 17.7 Å². The monoisotopic (exact) mass is 320 g/mol. The van der Waals surface area contributed by atoms with E-state index >= 15 is 0 Å². The normalized spacial score (nSPS) is 11.4. The first kappa shape index (κ1) is 16.5. The summed E-state index contributed by atoms with van der Waals surface area (Å²) in [4.78, 5) is 4.46. The Morgan fingerprint density at radius 1 is 1.23 bits per heavy atom. The number of benzene rings is 1. The number of nitrogens with zero attached hydrogens (tertiary/aromatic N) is 1. The van der Waals surface area contributed by atoms with E-state index in [1.165, 1.54) is 0 Å². The molecule has 0 radical (unpaired) electrons. The van der Waals surface area contributed by atoms with Crippen LogP contribution < -0.4 is 9.46 Å². The van der Waals surface area contributed by atoms with E-state index < -0.39 is 10.0 Å². The molecule has 5 nitrogen and oxygen atoms in total. The maximum atomic E-state index is 12.2. The standard InChI is InChI=1S/C16H20N2O3S/c1-13-12-15(8-9-16(13)21-2)22(19,20)18-11-5-7-14-6-3-4-10-17-14/h3-4,6,8-10,12,18H,5,7,11H2,1-2H3. The lowest BCUT2D eigenvalue weighted by molar-refractivity contribution is 0.411. The van der Waals surface area contributed by atoms with E-state index in [1.54, 1.807) is 31.5 Å². The number of sulfonamides is 1. The molecular weight excluding hydrogens is 300 g/mol. The van der Waals surface area contributed by atoms with Crippen LogP contribution in [0.1, 0.15) is 17.7 Å². The number of ether oxygens (including phenoxy) is 1. The molecule has 118 valence electrons. The molecule has 0 aliphatic heterocycles. The van der Waals surface area contributed by atoms with Gasteiger partial charge in [0.05, 0.1) is 12.0 Å². The first-order valence-electron chi connectivity index (χ1n) is 7.07. The van der Waals surface area contributed by atoms with Gasteiger partial charge in [0.25, 0.3) is 0 Å². The molecule has 0 aliphatic rings. The Morgan fingerprint density at radius 3 is 2.68 bits per heavy atom. The number of rotatable bonds is 7. The Hall–Kier alpha value is -1.92. The van der Waals surface area contributed by atoms with Crippen LogP contribution >= 0.6 is 0 Å². The van der Waals surface area contributed by atoms with Crippen LogP contribution in [-0.2, 0) is 16.4 Å². The predicted octanol–water partition coefficient (Wildman–Crippen LogP) is 2.31. The third-order valence-electron chi connectivity index (χ3n) is 3.30. The van der Waals surface area contributed by atoms with Gasteiger partial charge in [0.15, 0.2) is 0 Å². The third kappa shape index (κ3) is 4.29. The number of pyridine rings is 1. The quantitative estimate of drug-likeness (QED) is 0.795. The first-order valence-corrected chi connectivity index (χ1v) is 8.55. The van der Waals surface area contributed by atoms with E-state index in [1.807, 2.05) is 25.1 Å². The van der Waals surface area contributed by atoms with Crippen molar-refractivity contribution in [3.05, 3.63) is 53.9 Å². The van der Waals surface area contributed by atoms with Crippen molar-refractivity contribution in [3.8, 4) is 5.75 Å². The first-order chi connectivity index (χ1) is 10.5. The number of hydrogen-bond acceptors (Lipinski definition) is 4. The summed E-state index contributed by atoms with van der Waals surface area (Å²) in [5, 5.41) is 0. The Bertz CT molecular complexity index is 715. The molecule has 2 rings (SSSR count). The Morgan fingerprint density at radius 2 is 2.05 bits per heavy atom. The largest absolute Gasteiger partial charge is 0.496 e. The fraction of sp³-hybridized carbons (Fsp3) is 0.312. The zero-order valence-corrected chi connectivity index (χ0v) is 13.6. The smallest absolute Gasteiger partial charge is 0.240 e. The van der Waals surface area contributed by atoms with Crippen molar-refractivity contribution in [3.63, 3.8) is 0 Å². The van der Waals surface area contributed by atoms with Crippen molar-refractivity contribution in [1.29, 1.82) is 0 Å². The average Bonchev–Trinajstić information content (AvgIpc) is 2.52. The van der Waals surface area contributed by atoms with Crippen LogP contribution in [0.25, 0.3) is 0 Å². The van der Waals surface area contributed by atoms with Gasteiger partial charge in [0.2, 0.25) is 10.0 Å². The summed E-state index contributed by atoms with van der Waals surface area (Å²) in [6.07, 6.45) is 3.18. The highest BCUT2D eigenvalue weighted by molar-refractivity contribution is 7.89. The van der Waals surface area contributed by atoms with Gasteiger partial charge in [-0.05, 0) is 55.7 Å². The van der Waals surface area contributed by atoms with Gasteiger partial charge in [-0.1, -0.05) is 6.07 Å². The van der Waals surface area contributed by atoms with Gasteiger partial charge < -0.3 is 4.74 Å². The van der Waals surface area contributed by atoms with Crippen LogP contribution in [0.5, 0.6) is 5.75 Å². The van der Waals surface area contributed by atoms with E-state index in [0.29, 0.717) is 18.7 Å². The number of methoxy groups -OCH3 is 1. The Kier molecular flexibility index (Phi) is 5.51. The molecule has 22 heavy (non-hydrogen) atoms. The summed E-state index contributed by atoms with van der Waals surface area (Å²) in [5.41, 5.74) is 1.75. The SMILES string of the molecule is COc1ccc(S(=O)(=O)NCCCc2ccccn2)cc1C. The molecule has 1 aromatic heterocycles. The van der Waals surface area contributed by atoms with Crippen molar-refractivity contribution in [2.24, 2.45) is 0 Å². The predicted molar refractivity (Wildman–Crippen MR) is 85.5 cm³/mol. The molecule has 2 aromatic rings. The van der Waals surface area contributed by atoms with Crippen molar-refractivity contribution >= 4 is 10.0 Å². The molecule has 0 atom stereocenters. The topological polar surface area (TPSA) is 68.3 Å². The zero-order chi connectivity index (χ0) is 16.0. The van der Waals surface area contributed by atoms with E-state index in [-0.39, 0.29) is 4.90 Å². The number of aryl methyl sites for hydroxylation is 2. The van der Waals surface area contributed by atoms with Gasteiger partial charge in [0.1, 0.15) is 5.75 Å². The molecule has 0 amide bonds. The summed E-state index contributed by atoms with van der Waals surface area (Å²) in [5.74, 6) is 0.675. The van der Waals surface area contributed by atoms with E-state index in [9.17, 15) is 8.42 Å². The number of hydrogen-bond donors (Lipinski definition) is 1. The lowest BCUT2D eigenvalue weighted by Gasteiger charge is -2.09. The van der Waals surface area contributed by atoms with E-state index in [2.05, 4.69) is 9.71 Å². The van der Waals surface area contributed by atoms with Crippen LogP contribution in [0.15, 0.2) is 47.5 Å². The fourth-order valence-electron chi connectivity index (χ4n) is 2.12. The molecule has 6 heteroatoms. The van der Waals surface area contributed by atoms with Gasteiger partial charge in [-0.2, -0.15) is 0 Å². The van der Waals surface area contributed by atoms with Gasteiger partial charge in [0, 0.05) is 18.4 Å². The Balaban J connectivity index is 1.92. The summed E-state index contributed by atoms with van der Waals surface area (Å²) >= 11 is 0. The summed E-state index contributed by atoms with van der Waals surface area (Å²) in [6, 6.07) is 10.5. The number of nitrogens with one attached hydrogen (secondary N) is 1. The van der Waals surface area contributed by atoms with Crippen molar-refractivity contribution < 1.29 is 13.2 Å². The molecule has 0 saturated heterocycles. The molecule has 0 bridgehead atoms. The molecule has 1 N–H and O–H groups in total. The van der Waals surface area contributed by atoms with Crippen molar-refractivity contribution in [2.75, 3.05) is 13.7 Å². The van der Waals surface area contributed by atoms with Crippen molar-refractivity contribution in [2.45, 2.75) is 24.7 Å². The fourth-order valence-corrected chi connectivity index (χ4v) is 3.28. The maximum Gasteiger partial charge on any atom is 0.240 e. The minimum Gasteiger partial charge on any atom is -0.496 e. The minimum absolute atomic E-state index is 0.253. The van der Waals surface area contributed by atoms with Crippen LogP contribution in [0.4, 0.5) is 0 Å². The molecule has 0 aliphatic carbocycles. The average molecular weight is 320 g/mol. The molecule has 0 fully saturated rings. The van der Waals surface area contributed by atoms with E-state index in [4.69, 9.17) is 4.74 Å². The van der Waals surface area contributed by atoms with Gasteiger partial charge in [-0.25, -0.2) is 13.1 Å². The molecule has 0 saturated carbocycles. The van der Waals surface area contributed by atoms with Crippen molar-refractivity contribution in [1.82, 2.24) is 9.71 Å². The highest BCUT2D eigenvalue weighted by atomic mass is 32.2. The molecular formula is C16H20N2O3S. The second-order valence-electron chi connectivity index (χ2n) is 4.95. The number of aromatic nitrogens is 1. The van der Waals surface area contributed by atoms with Crippen LogP contribution in [0.2, 0.25) is 0 Å². The van der Waals surface area contributed by atoms with Gasteiger partial charge >= 0.3 is 0 Å².